The number of aromatic nitrogens is 2. The number of carbonyl (C=O) groups is 3. The number of rotatable bonds is 10. The maximum absolute atomic E-state index is 13.5. The fourth-order valence-electron chi connectivity index (χ4n) is 5.54. The first-order valence-corrected chi connectivity index (χ1v) is 14.8. The molecule has 10 nitrogen and oxygen atoms in total. The third-order valence-corrected chi connectivity index (χ3v) is 7.70. The molecule has 11 heteroatoms. The number of benzene rings is 1. The van der Waals surface area contributed by atoms with Crippen LogP contribution in [-0.4, -0.2) is 62.7 Å². The Bertz CT molecular complexity index is 1350. The first-order valence-electron chi connectivity index (χ1n) is 14.4. The van der Waals surface area contributed by atoms with Crippen LogP contribution in [0.4, 0.5) is 5.82 Å². The fourth-order valence-corrected chi connectivity index (χ4v) is 5.72. The molecule has 1 fully saturated rings. The van der Waals surface area contributed by atoms with E-state index in [1.165, 1.54) is 11.0 Å². The SMILES string of the molecule is CC(C)C[C@@H](C(=O)Nc1ccn(CC2CNC(C)(C)[C@@H]2C(=O)OC(C)(C)C)n1)N1CC(Oc2ccccc2Cl)=CC1=O. The van der Waals surface area contributed by atoms with Crippen LogP contribution < -0.4 is 15.4 Å². The van der Waals surface area contributed by atoms with Crippen molar-refractivity contribution in [1.29, 1.82) is 0 Å². The molecule has 0 aliphatic carbocycles. The lowest BCUT2D eigenvalue weighted by atomic mass is 9.82. The van der Waals surface area contributed by atoms with E-state index in [9.17, 15) is 14.4 Å². The van der Waals surface area contributed by atoms with E-state index in [2.05, 4.69) is 15.7 Å². The van der Waals surface area contributed by atoms with E-state index in [4.69, 9.17) is 21.1 Å². The molecule has 228 valence electrons. The lowest BCUT2D eigenvalue weighted by Crippen LogP contribution is -2.46. The highest BCUT2D eigenvalue weighted by Crippen LogP contribution is 2.34. The Morgan fingerprint density at radius 1 is 1.21 bits per heavy atom. The lowest BCUT2D eigenvalue weighted by molar-refractivity contribution is -0.163. The van der Waals surface area contributed by atoms with E-state index >= 15 is 0 Å². The normalized spacial score (nSPS) is 20.9. The van der Waals surface area contributed by atoms with Gasteiger partial charge in [-0.3, -0.25) is 19.1 Å². The van der Waals surface area contributed by atoms with E-state index in [0.29, 0.717) is 41.9 Å². The molecule has 0 saturated carbocycles. The van der Waals surface area contributed by atoms with Crippen molar-refractivity contribution in [2.75, 3.05) is 18.4 Å². The second-order valence-electron chi connectivity index (χ2n) is 13.0. The van der Waals surface area contributed by atoms with Crippen molar-refractivity contribution in [1.82, 2.24) is 20.0 Å². The zero-order valence-electron chi connectivity index (χ0n) is 25.4. The minimum absolute atomic E-state index is 0.0446. The van der Waals surface area contributed by atoms with Gasteiger partial charge in [-0.05, 0) is 59.1 Å². The average molecular weight is 600 g/mol. The summed E-state index contributed by atoms with van der Waals surface area (Å²) < 4.78 is 13.3. The standard InChI is InChI=1S/C31H42ClN5O5/c1-19(2)14-23(37-18-21(15-26(37)38)41-24-11-9-8-10-22(24)32)28(39)34-25-12-13-36(35-25)17-20-16-33-31(6,7)27(20)29(40)42-30(3,4)5/h8-13,15,19-20,23,27,33H,14,16-18H2,1-7H3,(H,34,35,39)/t20?,23-,27-/m0/s1. The Labute approximate surface area is 252 Å². The Hall–Kier alpha value is -3.37. The van der Waals surface area contributed by atoms with Gasteiger partial charge in [0.25, 0.3) is 5.91 Å². The van der Waals surface area contributed by atoms with Gasteiger partial charge in [0.15, 0.2) is 5.82 Å². The molecule has 2 N–H and O–H groups in total. The summed E-state index contributed by atoms with van der Waals surface area (Å²) in [6.45, 7) is 14.9. The van der Waals surface area contributed by atoms with Crippen LogP contribution in [0.3, 0.4) is 0 Å². The number of carbonyl (C=O) groups excluding carboxylic acids is 3. The van der Waals surface area contributed by atoms with Crippen molar-refractivity contribution in [2.24, 2.45) is 17.8 Å². The number of esters is 1. The summed E-state index contributed by atoms with van der Waals surface area (Å²) in [5.41, 5.74) is -1.00. The van der Waals surface area contributed by atoms with Crippen LogP contribution in [0, 0.1) is 17.8 Å². The molecule has 2 amide bonds. The van der Waals surface area contributed by atoms with Crippen molar-refractivity contribution < 1.29 is 23.9 Å². The maximum atomic E-state index is 13.5. The molecule has 2 aromatic rings. The molecule has 3 atom stereocenters. The monoisotopic (exact) mass is 599 g/mol. The molecule has 3 heterocycles. The number of nitrogens with zero attached hydrogens (tertiary/aromatic N) is 3. The first kappa shape index (κ1) is 31.6. The third-order valence-electron chi connectivity index (χ3n) is 7.39. The molecule has 1 aromatic heterocycles. The highest BCUT2D eigenvalue weighted by molar-refractivity contribution is 6.32. The van der Waals surface area contributed by atoms with Gasteiger partial charge in [-0.15, -0.1) is 0 Å². The first-order chi connectivity index (χ1) is 19.6. The van der Waals surface area contributed by atoms with Gasteiger partial charge < -0.3 is 25.0 Å². The molecule has 1 saturated heterocycles. The van der Waals surface area contributed by atoms with Crippen LogP contribution in [0.25, 0.3) is 0 Å². The number of ether oxygens (including phenoxy) is 2. The van der Waals surface area contributed by atoms with Gasteiger partial charge in [0.2, 0.25) is 5.91 Å². The quantitative estimate of drug-likeness (QED) is 0.382. The number of amides is 2. The van der Waals surface area contributed by atoms with Crippen molar-refractivity contribution in [3.05, 3.63) is 53.4 Å². The zero-order valence-corrected chi connectivity index (χ0v) is 26.2. The van der Waals surface area contributed by atoms with Gasteiger partial charge in [0, 0.05) is 42.9 Å². The summed E-state index contributed by atoms with van der Waals surface area (Å²) in [5.74, 6) is 0.140. The summed E-state index contributed by atoms with van der Waals surface area (Å²) in [5, 5.41) is 11.3. The van der Waals surface area contributed by atoms with Crippen molar-refractivity contribution in [2.45, 2.75) is 78.6 Å². The lowest BCUT2D eigenvalue weighted by Gasteiger charge is -2.31. The second kappa shape index (κ2) is 12.5. The molecule has 1 unspecified atom stereocenters. The molecule has 2 aliphatic rings. The van der Waals surface area contributed by atoms with Crippen LogP contribution >= 0.6 is 11.6 Å². The van der Waals surface area contributed by atoms with Crippen molar-refractivity contribution in [3.63, 3.8) is 0 Å². The third kappa shape index (κ3) is 7.72. The molecule has 1 aromatic carbocycles. The molecular formula is C31H42ClN5O5. The Morgan fingerprint density at radius 3 is 2.60 bits per heavy atom. The number of para-hydroxylation sites is 1. The molecule has 4 rings (SSSR count). The number of hydrogen-bond acceptors (Lipinski definition) is 7. The van der Waals surface area contributed by atoms with E-state index in [1.54, 1.807) is 41.2 Å². The minimum atomic E-state index is -0.720. The van der Waals surface area contributed by atoms with E-state index in [-0.39, 0.29) is 42.1 Å². The maximum Gasteiger partial charge on any atom is 0.311 e. The summed E-state index contributed by atoms with van der Waals surface area (Å²) in [7, 11) is 0. The number of anilines is 1. The highest BCUT2D eigenvalue weighted by atomic mass is 35.5. The van der Waals surface area contributed by atoms with Gasteiger partial charge in [-0.2, -0.15) is 5.10 Å². The predicted molar refractivity (Wildman–Crippen MR) is 161 cm³/mol. The summed E-state index contributed by atoms with van der Waals surface area (Å²) in [6.07, 6.45) is 3.64. The largest absolute Gasteiger partial charge is 0.460 e. The van der Waals surface area contributed by atoms with Gasteiger partial charge in [0.05, 0.1) is 17.5 Å². The van der Waals surface area contributed by atoms with Crippen LogP contribution in [0.15, 0.2) is 48.4 Å². The fraction of sp³-hybridized carbons (Fsp3) is 0.548. The van der Waals surface area contributed by atoms with Gasteiger partial charge in [0.1, 0.15) is 23.2 Å². The number of nitrogens with one attached hydrogen (secondary N) is 2. The zero-order chi connectivity index (χ0) is 30.8. The average Bonchev–Trinajstić information content (AvgIpc) is 3.54. The number of halogens is 1. The smallest absolute Gasteiger partial charge is 0.311 e. The summed E-state index contributed by atoms with van der Waals surface area (Å²) >= 11 is 6.22. The summed E-state index contributed by atoms with van der Waals surface area (Å²) in [6, 6.07) is 8.03. The summed E-state index contributed by atoms with van der Waals surface area (Å²) in [4.78, 5) is 41.1. The highest BCUT2D eigenvalue weighted by Gasteiger charge is 2.48. The van der Waals surface area contributed by atoms with Crippen LogP contribution in [-0.2, 0) is 25.7 Å². The molecule has 0 bridgehead atoms. The van der Waals surface area contributed by atoms with Gasteiger partial charge in [-0.25, -0.2) is 0 Å². The van der Waals surface area contributed by atoms with Crippen LogP contribution in [0.5, 0.6) is 5.75 Å². The topological polar surface area (TPSA) is 115 Å². The molecule has 2 aliphatic heterocycles. The Morgan fingerprint density at radius 2 is 1.93 bits per heavy atom. The molecule has 0 spiro atoms. The molecule has 0 radical (unpaired) electrons. The minimum Gasteiger partial charge on any atom is -0.460 e. The van der Waals surface area contributed by atoms with Gasteiger partial charge >= 0.3 is 5.97 Å². The van der Waals surface area contributed by atoms with Crippen LogP contribution in [0.1, 0.15) is 54.9 Å². The Balaban J connectivity index is 1.42. The van der Waals surface area contributed by atoms with E-state index in [0.717, 1.165) is 0 Å². The predicted octanol–water partition coefficient (Wildman–Crippen LogP) is 4.65. The van der Waals surface area contributed by atoms with Crippen molar-refractivity contribution >= 4 is 35.2 Å². The van der Waals surface area contributed by atoms with Crippen molar-refractivity contribution in [3.8, 4) is 5.75 Å². The number of hydrogen-bond donors (Lipinski definition) is 2. The molecule has 42 heavy (non-hydrogen) atoms. The Kier molecular flexibility index (Phi) is 9.37. The second-order valence-corrected chi connectivity index (χ2v) is 13.4. The van der Waals surface area contributed by atoms with Gasteiger partial charge in [-0.1, -0.05) is 37.6 Å². The van der Waals surface area contributed by atoms with Crippen LogP contribution in [0.2, 0.25) is 5.02 Å². The van der Waals surface area contributed by atoms with E-state index in [1.807, 2.05) is 48.5 Å². The molecular weight excluding hydrogens is 558 g/mol. The van der Waals surface area contributed by atoms with E-state index < -0.39 is 17.2 Å².